The molecule has 0 aliphatic carbocycles. The minimum Gasteiger partial charge on any atom is -0.326 e. The number of rotatable bonds is 4. The molecule has 0 aliphatic heterocycles. The normalized spacial score (nSPS) is 11.7. The number of carbonyl (C=O) groups excluding carboxylic acids is 2. The van der Waals surface area contributed by atoms with Gasteiger partial charge < -0.3 is 10.6 Å². The number of benzene rings is 1. The van der Waals surface area contributed by atoms with Crippen LogP contribution in [0.15, 0.2) is 41.6 Å². The highest BCUT2D eigenvalue weighted by molar-refractivity contribution is 7.92. The highest BCUT2D eigenvalue weighted by atomic mass is 32.2. The monoisotopic (exact) mass is 401 g/mol. The largest absolute Gasteiger partial charge is 0.503 e. The van der Waals surface area contributed by atoms with Gasteiger partial charge in [0.15, 0.2) is 5.03 Å². The Morgan fingerprint density at radius 2 is 1.78 bits per heavy atom. The number of alkyl halides is 3. The molecule has 27 heavy (non-hydrogen) atoms. The Labute approximate surface area is 152 Å². The number of nitrogens with one attached hydrogen (secondary N) is 2. The lowest BCUT2D eigenvalue weighted by Crippen LogP contribution is -2.27. The summed E-state index contributed by atoms with van der Waals surface area (Å²) in [5.74, 6) is -1.45. The predicted molar refractivity (Wildman–Crippen MR) is 90.9 cm³/mol. The first-order valence-corrected chi connectivity index (χ1v) is 8.88. The number of sulfone groups is 1. The average molecular weight is 401 g/mol. The summed E-state index contributed by atoms with van der Waals surface area (Å²) >= 11 is 0. The van der Waals surface area contributed by atoms with Crippen LogP contribution in [0.25, 0.3) is 0 Å². The van der Waals surface area contributed by atoms with Crippen molar-refractivity contribution < 1.29 is 31.2 Å². The molecule has 0 bridgehead atoms. The van der Waals surface area contributed by atoms with Gasteiger partial charge >= 0.3 is 5.51 Å². The van der Waals surface area contributed by atoms with E-state index in [1.54, 1.807) is 13.0 Å². The van der Waals surface area contributed by atoms with Crippen LogP contribution >= 0.6 is 0 Å². The minimum absolute atomic E-state index is 0.147. The maximum atomic E-state index is 12.8. The quantitative estimate of drug-likeness (QED) is 0.820. The van der Waals surface area contributed by atoms with Crippen molar-refractivity contribution in [3.05, 3.63) is 47.7 Å². The van der Waals surface area contributed by atoms with Crippen LogP contribution in [0.1, 0.15) is 22.8 Å². The summed E-state index contributed by atoms with van der Waals surface area (Å²) in [7, 11) is -5.80. The number of halogens is 3. The molecule has 1 heterocycles. The van der Waals surface area contributed by atoms with Crippen molar-refractivity contribution in [3.8, 4) is 0 Å². The Bertz CT molecular complexity index is 1000. The van der Waals surface area contributed by atoms with E-state index >= 15 is 0 Å². The first-order chi connectivity index (χ1) is 12.4. The Morgan fingerprint density at radius 3 is 2.37 bits per heavy atom. The molecule has 0 radical (unpaired) electrons. The number of amides is 2. The van der Waals surface area contributed by atoms with Crippen molar-refractivity contribution in [3.63, 3.8) is 0 Å². The Kier molecular flexibility index (Phi) is 5.54. The SMILES string of the molecule is CC(=O)Nc1cc(NC(=O)c2cccnc2S(=O)(=O)C(F)(F)F)ccc1C. The third-order valence-electron chi connectivity index (χ3n) is 3.38. The number of aromatic nitrogens is 1. The molecule has 2 N–H and O–H groups in total. The van der Waals surface area contributed by atoms with Crippen molar-refractivity contribution in [1.29, 1.82) is 0 Å². The first-order valence-electron chi connectivity index (χ1n) is 7.39. The molecule has 11 heteroatoms. The summed E-state index contributed by atoms with van der Waals surface area (Å²) < 4.78 is 61.7. The zero-order valence-electron chi connectivity index (χ0n) is 14.1. The van der Waals surface area contributed by atoms with Gasteiger partial charge in [0.05, 0.1) is 5.56 Å². The Hall–Kier alpha value is -2.95. The number of nitrogens with zero attached hydrogens (tertiary/aromatic N) is 1. The van der Waals surface area contributed by atoms with Gasteiger partial charge in [-0.2, -0.15) is 13.2 Å². The van der Waals surface area contributed by atoms with Gasteiger partial charge in [-0.15, -0.1) is 0 Å². The predicted octanol–water partition coefficient (Wildman–Crippen LogP) is 2.89. The van der Waals surface area contributed by atoms with E-state index in [-0.39, 0.29) is 11.6 Å². The molecule has 144 valence electrons. The summed E-state index contributed by atoms with van der Waals surface area (Å²) in [5.41, 5.74) is -5.14. The van der Waals surface area contributed by atoms with Crippen LogP contribution in [0.4, 0.5) is 24.5 Å². The van der Waals surface area contributed by atoms with E-state index in [0.717, 1.165) is 18.3 Å². The van der Waals surface area contributed by atoms with Crippen molar-refractivity contribution in [2.75, 3.05) is 10.6 Å². The van der Waals surface area contributed by atoms with Crippen LogP contribution in [0, 0.1) is 6.92 Å². The number of aryl methyl sites for hydroxylation is 1. The van der Waals surface area contributed by atoms with Crippen LogP contribution in [0.2, 0.25) is 0 Å². The van der Waals surface area contributed by atoms with E-state index < -0.39 is 31.8 Å². The van der Waals surface area contributed by atoms with Gasteiger partial charge in [-0.25, -0.2) is 13.4 Å². The topological polar surface area (TPSA) is 105 Å². The molecule has 1 aromatic carbocycles. The Balaban J connectivity index is 2.40. The zero-order valence-corrected chi connectivity index (χ0v) is 14.9. The van der Waals surface area contributed by atoms with E-state index in [2.05, 4.69) is 15.6 Å². The summed E-state index contributed by atoms with van der Waals surface area (Å²) in [6.45, 7) is 2.99. The van der Waals surface area contributed by atoms with Crippen molar-refractivity contribution >= 4 is 33.0 Å². The number of carbonyl (C=O) groups is 2. The fourth-order valence-electron chi connectivity index (χ4n) is 2.11. The van der Waals surface area contributed by atoms with Gasteiger partial charge in [-0.1, -0.05) is 6.07 Å². The molecular formula is C16H14F3N3O4S. The van der Waals surface area contributed by atoms with Gasteiger partial charge in [0.25, 0.3) is 15.7 Å². The lowest BCUT2D eigenvalue weighted by molar-refractivity contribution is -0.114. The van der Waals surface area contributed by atoms with Crippen molar-refractivity contribution in [1.82, 2.24) is 4.98 Å². The van der Waals surface area contributed by atoms with Gasteiger partial charge in [0.1, 0.15) is 0 Å². The van der Waals surface area contributed by atoms with Gasteiger partial charge in [-0.3, -0.25) is 9.59 Å². The summed E-state index contributed by atoms with van der Waals surface area (Å²) in [5, 5.41) is 3.45. The standard InChI is InChI=1S/C16H14F3N3O4S/c1-9-5-6-11(8-13(9)21-10(2)23)22-14(24)12-4-3-7-20-15(12)27(25,26)16(17,18)19/h3-8H,1-2H3,(H,21,23)(H,22,24). The van der Waals surface area contributed by atoms with Gasteiger partial charge in [-0.05, 0) is 36.8 Å². The van der Waals surface area contributed by atoms with E-state index in [0.29, 0.717) is 11.3 Å². The fraction of sp³-hybridized carbons (Fsp3) is 0.188. The molecule has 0 fully saturated rings. The highest BCUT2D eigenvalue weighted by Gasteiger charge is 2.49. The molecule has 2 rings (SSSR count). The molecule has 2 aromatic rings. The second-order valence-electron chi connectivity index (χ2n) is 5.47. The van der Waals surface area contributed by atoms with Crippen molar-refractivity contribution in [2.24, 2.45) is 0 Å². The van der Waals surface area contributed by atoms with Gasteiger partial charge in [0.2, 0.25) is 5.91 Å². The highest BCUT2D eigenvalue weighted by Crippen LogP contribution is 2.31. The summed E-state index contributed by atoms with van der Waals surface area (Å²) in [4.78, 5) is 26.8. The summed E-state index contributed by atoms with van der Waals surface area (Å²) in [6, 6.07) is 6.47. The first kappa shape index (κ1) is 20.4. The third-order valence-corrected chi connectivity index (χ3v) is 4.83. The summed E-state index contributed by atoms with van der Waals surface area (Å²) in [6.07, 6.45) is 0.843. The van der Waals surface area contributed by atoms with Crippen LogP contribution in [0.3, 0.4) is 0 Å². The average Bonchev–Trinajstić information content (AvgIpc) is 2.56. The van der Waals surface area contributed by atoms with Crippen LogP contribution in [0.5, 0.6) is 0 Å². The smallest absolute Gasteiger partial charge is 0.326 e. The molecule has 1 aromatic heterocycles. The number of hydrogen-bond acceptors (Lipinski definition) is 5. The molecule has 7 nitrogen and oxygen atoms in total. The minimum atomic E-state index is -5.80. The zero-order chi connectivity index (χ0) is 20.4. The molecule has 0 unspecified atom stereocenters. The molecular weight excluding hydrogens is 387 g/mol. The molecule has 2 amide bonds. The van der Waals surface area contributed by atoms with E-state index in [1.165, 1.54) is 19.1 Å². The maximum Gasteiger partial charge on any atom is 0.503 e. The van der Waals surface area contributed by atoms with Crippen LogP contribution < -0.4 is 10.6 Å². The second kappa shape index (κ2) is 7.35. The van der Waals surface area contributed by atoms with Crippen LogP contribution in [-0.2, 0) is 14.6 Å². The van der Waals surface area contributed by atoms with Crippen molar-refractivity contribution in [2.45, 2.75) is 24.4 Å². The Morgan fingerprint density at radius 1 is 1.11 bits per heavy atom. The van der Waals surface area contributed by atoms with Gasteiger partial charge in [0, 0.05) is 24.5 Å². The molecule has 0 saturated carbocycles. The third kappa shape index (κ3) is 4.42. The molecule has 0 aliphatic rings. The van der Waals surface area contributed by atoms with E-state index in [9.17, 15) is 31.2 Å². The molecule has 0 saturated heterocycles. The van der Waals surface area contributed by atoms with Crippen LogP contribution in [-0.4, -0.2) is 30.7 Å². The fourth-order valence-corrected chi connectivity index (χ4v) is 2.98. The molecule has 0 atom stereocenters. The number of hydrogen-bond donors (Lipinski definition) is 2. The number of pyridine rings is 1. The lowest BCUT2D eigenvalue weighted by atomic mass is 10.1. The second-order valence-corrected chi connectivity index (χ2v) is 7.33. The van der Waals surface area contributed by atoms with E-state index in [1.807, 2.05) is 0 Å². The van der Waals surface area contributed by atoms with E-state index in [4.69, 9.17) is 0 Å². The maximum absolute atomic E-state index is 12.8. The lowest BCUT2D eigenvalue weighted by Gasteiger charge is -2.13. The number of anilines is 2. The molecule has 0 spiro atoms.